The number of hydrogen-bond donors (Lipinski definition) is 1. The standard InChI is InChI=1S/C15H10BrClN4O/c16-11-3-6-14-19-13(9-21(14)8-11)15(22)20-18-7-10-1-4-12(17)5-2-10/h1-9H,(H,20,22)/b18-7+. The minimum absolute atomic E-state index is 0.298. The van der Waals surface area contributed by atoms with Gasteiger partial charge in [-0.15, -0.1) is 0 Å². The van der Waals surface area contributed by atoms with E-state index in [1.165, 1.54) is 0 Å². The summed E-state index contributed by atoms with van der Waals surface area (Å²) >= 11 is 9.17. The number of imidazole rings is 1. The van der Waals surface area contributed by atoms with E-state index < -0.39 is 0 Å². The number of nitrogens with zero attached hydrogens (tertiary/aromatic N) is 3. The average Bonchev–Trinajstić information content (AvgIpc) is 2.92. The molecule has 0 fully saturated rings. The van der Waals surface area contributed by atoms with E-state index in [9.17, 15) is 4.79 Å². The first kappa shape index (κ1) is 14.7. The molecule has 2 heterocycles. The van der Waals surface area contributed by atoms with Gasteiger partial charge in [0.1, 0.15) is 11.3 Å². The third kappa shape index (κ3) is 3.35. The van der Waals surface area contributed by atoms with Crippen molar-refractivity contribution in [2.45, 2.75) is 0 Å². The Balaban J connectivity index is 1.71. The highest BCUT2D eigenvalue weighted by atomic mass is 79.9. The van der Waals surface area contributed by atoms with Gasteiger partial charge < -0.3 is 4.40 Å². The Kier molecular flexibility index (Phi) is 4.22. The van der Waals surface area contributed by atoms with Crippen LogP contribution in [-0.4, -0.2) is 21.5 Å². The topological polar surface area (TPSA) is 58.8 Å². The zero-order valence-corrected chi connectivity index (χ0v) is 13.5. The number of nitrogens with one attached hydrogen (secondary N) is 1. The number of hydrogen-bond acceptors (Lipinski definition) is 3. The lowest BCUT2D eigenvalue weighted by molar-refractivity contribution is 0.0951. The van der Waals surface area contributed by atoms with Crippen molar-refractivity contribution in [3.8, 4) is 0 Å². The molecule has 0 saturated heterocycles. The van der Waals surface area contributed by atoms with Crippen LogP contribution >= 0.6 is 27.5 Å². The van der Waals surface area contributed by atoms with Crippen LogP contribution in [0, 0.1) is 0 Å². The summed E-state index contributed by atoms with van der Waals surface area (Å²) in [6.45, 7) is 0. The second kappa shape index (κ2) is 6.29. The Morgan fingerprint density at radius 2 is 2.00 bits per heavy atom. The van der Waals surface area contributed by atoms with Gasteiger partial charge in [0.15, 0.2) is 0 Å². The van der Waals surface area contributed by atoms with Gasteiger partial charge in [-0.25, -0.2) is 10.4 Å². The predicted octanol–water partition coefficient (Wildman–Crippen LogP) is 3.51. The molecule has 0 bridgehead atoms. The van der Waals surface area contributed by atoms with Gasteiger partial charge in [0, 0.05) is 21.9 Å². The summed E-state index contributed by atoms with van der Waals surface area (Å²) in [6.07, 6.45) is 5.02. The molecule has 0 spiro atoms. The summed E-state index contributed by atoms with van der Waals surface area (Å²) in [5.41, 5.74) is 4.27. The Hall–Kier alpha value is -2.18. The van der Waals surface area contributed by atoms with E-state index in [0.717, 1.165) is 10.0 Å². The molecule has 0 aliphatic carbocycles. The van der Waals surface area contributed by atoms with Crippen molar-refractivity contribution in [2.75, 3.05) is 0 Å². The van der Waals surface area contributed by atoms with E-state index >= 15 is 0 Å². The first-order valence-electron chi connectivity index (χ1n) is 6.35. The SMILES string of the molecule is O=C(N/N=C/c1ccc(Cl)cc1)c1cn2cc(Br)ccc2n1. The van der Waals surface area contributed by atoms with Crippen molar-refractivity contribution in [3.05, 3.63) is 69.5 Å². The van der Waals surface area contributed by atoms with Crippen LogP contribution in [0.1, 0.15) is 16.1 Å². The minimum Gasteiger partial charge on any atom is -0.305 e. The van der Waals surface area contributed by atoms with Crippen LogP contribution in [-0.2, 0) is 0 Å². The van der Waals surface area contributed by atoms with Crippen molar-refractivity contribution in [3.63, 3.8) is 0 Å². The molecule has 0 unspecified atom stereocenters. The number of carbonyl (C=O) groups is 1. The Labute approximate surface area is 139 Å². The van der Waals surface area contributed by atoms with Crippen molar-refractivity contribution >= 4 is 45.3 Å². The van der Waals surface area contributed by atoms with Crippen molar-refractivity contribution < 1.29 is 4.79 Å². The number of fused-ring (bicyclic) bond motifs is 1. The Morgan fingerprint density at radius 3 is 2.77 bits per heavy atom. The number of halogens is 2. The smallest absolute Gasteiger partial charge is 0.291 e. The van der Waals surface area contributed by atoms with Crippen molar-refractivity contribution in [2.24, 2.45) is 5.10 Å². The largest absolute Gasteiger partial charge is 0.305 e. The van der Waals surface area contributed by atoms with Crippen LogP contribution in [0.2, 0.25) is 5.02 Å². The maximum absolute atomic E-state index is 12.0. The monoisotopic (exact) mass is 376 g/mol. The lowest BCUT2D eigenvalue weighted by atomic mass is 10.2. The molecule has 5 nitrogen and oxygen atoms in total. The normalized spacial score (nSPS) is 11.2. The van der Waals surface area contributed by atoms with Gasteiger partial charge in [-0.3, -0.25) is 4.79 Å². The summed E-state index contributed by atoms with van der Waals surface area (Å²) in [6, 6.07) is 10.8. The fraction of sp³-hybridized carbons (Fsp3) is 0. The highest BCUT2D eigenvalue weighted by Gasteiger charge is 2.09. The molecular formula is C15H10BrClN4O. The van der Waals surface area contributed by atoms with Crippen LogP contribution in [0.3, 0.4) is 0 Å². The summed E-state index contributed by atoms with van der Waals surface area (Å²) in [5.74, 6) is -0.370. The highest BCUT2D eigenvalue weighted by Crippen LogP contribution is 2.12. The maximum atomic E-state index is 12.0. The quantitative estimate of drug-likeness (QED) is 0.561. The molecule has 0 saturated carbocycles. The van der Waals surface area contributed by atoms with E-state index in [0.29, 0.717) is 16.4 Å². The molecule has 22 heavy (non-hydrogen) atoms. The van der Waals surface area contributed by atoms with Gasteiger partial charge in [-0.2, -0.15) is 5.10 Å². The van der Waals surface area contributed by atoms with Gasteiger partial charge in [-0.1, -0.05) is 23.7 Å². The maximum Gasteiger partial charge on any atom is 0.291 e. The number of pyridine rings is 1. The first-order chi connectivity index (χ1) is 10.6. The Morgan fingerprint density at radius 1 is 1.23 bits per heavy atom. The van der Waals surface area contributed by atoms with Gasteiger partial charge in [0.25, 0.3) is 5.91 Å². The zero-order chi connectivity index (χ0) is 15.5. The van der Waals surface area contributed by atoms with Crippen molar-refractivity contribution in [1.29, 1.82) is 0 Å². The molecule has 1 N–H and O–H groups in total. The number of aromatic nitrogens is 2. The van der Waals surface area contributed by atoms with Gasteiger partial charge >= 0.3 is 0 Å². The number of benzene rings is 1. The van der Waals surface area contributed by atoms with Crippen molar-refractivity contribution in [1.82, 2.24) is 14.8 Å². The number of carbonyl (C=O) groups excluding carboxylic acids is 1. The molecule has 0 aliphatic rings. The zero-order valence-electron chi connectivity index (χ0n) is 11.2. The lowest BCUT2D eigenvalue weighted by Crippen LogP contribution is -2.17. The fourth-order valence-corrected chi connectivity index (χ4v) is 2.32. The van der Waals surface area contributed by atoms with Crippen LogP contribution in [0.5, 0.6) is 0 Å². The van der Waals surface area contributed by atoms with Gasteiger partial charge in [0.2, 0.25) is 0 Å². The lowest BCUT2D eigenvalue weighted by Gasteiger charge is -1.95. The molecule has 2 aromatic heterocycles. The number of hydrazone groups is 1. The van der Waals surface area contributed by atoms with Crippen LogP contribution in [0.15, 0.2) is 58.4 Å². The van der Waals surface area contributed by atoms with E-state index in [1.807, 2.05) is 18.3 Å². The molecule has 3 aromatic rings. The Bertz CT molecular complexity index is 858. The molecule has 7 heteroatoms. The first-order valence-corrected chi connectivity index (χ1v) is 7.52. The molecule has 0 aliphatic heterocycles. The van der Waals surface area contributed by atoms with E-state index in [4.69, 9.17) is 11.6 Å². The van der Waals surface area contributed by atoms with Gasteiger partial charge in [0.05, 0.1) is 6.21 Å². The molecule has 0 atom stereocenters. The minimum atomic E-state index is -0.370. The molecular weight excluding hydrogens is 368 g/mol. The molecule has 1 amide bonds. The predicted molar refractivity (Wildman–Crippen MR) is 89.4 cm³/mol. The third-order valence-electron chi connectivity index (χ3n) is 2.90. The highest BCUT2D eigenvalue weighted by molar-refractivity contribution is 9.10. The van der Waals surface area contributed by atoms with Crippen LogP contribution in [0.25, 0.3) is 5.65 Å². The average molecular weight is 378 g/mol. The number of rotatable bonds is 3. The number of amides is 1. The van der Waals surface area contributed by atoms with Crippen LogP contribution in [0.4, 0.5) is 0 Å². The molecule has 0 radical (unpaired) electrons. The van der Waals surface area contributed by atoms with Crippen LogP contribution < -0.4 is 5.43 Å². The van der Waals surface area contributed by atoms with Gasteiger partial charge in [-0.05, 0) is 45.8 Å². The fourth-order valence-electron chi connectivity index (χ4n) is 1.85. The second-order valence-corrected chi connectivity index (χ2v) is 5.84. The second-order valence-electron chi connectivity index (χ2n) is 4.49. The van der Waals surface area contributed by atoms with E-state index in [2.05, 4.69) is 31.4 Å². The summed E-state index contributed by atoms with van der Waals surface area (Å²) in [4.78, 5) is 16.2. The van der Waals surface area contributed by atoms with E-state index in [1.54, 1.807) is 41.1 Å². The van der Waals surface area contributed by atoms with E-state index in [-0.39, 0.29) is 5.91 Å². The summed E-state index contributed by atoms with van der Waals surface area (Å²) < 4.78 is 2.67. The molecule has 3 rings (SSSR count). The molecule has 110 valence electrons. The third-order valence-corrected chi connectivity index (χ3v) is 3.62. The molecule has 1 aromatic carbocycles. The summed E-state index contributed by atoms with van der Waals surface area (Å²) in [5, 5.41) is 4.56. The summed E-state index contributed by atoms with van der Waals surface area (Å²) in [7, 11) is 0.